The number of aromatic nitrogens is 4. The molecule has 0 bridgehead atoms. The summed E-state index contributed by atoms with van der Waals surface area (Å²) < 4.78 is 0. The summed E-state index contributed by atoms with van der Waals surface area (Å²) in [5.74, 6) is 2.24. The Morgan fingerprint density at radius 3 is 1.57 bits per heavy atom. The maximum absolute atomic E-state index is 12.9. The molecule has 6 aromatic rings. The van der Waals surface area contributed by atoms with E-state index >= 15 is 0 Å². The van der Waals surface area contributed by atoms with Crippen LogP contribution in [0.15, 0.2) is 110 Å². The van der Waals surface area contributed by atoms with Gasteiger partial charge in [0.2, 0.25) is 11.8 Å². The van der Waals surface area contributed by atoms with Crippen LogP contribution in [0.2, 0.25) is 15.2 Å². The van der Waals surface area contributed by atoms with E-state index in [-0.39, 0.29) is 24.9 Å². The van der Waals surface area contributed by atoms with Crippen LogP contribution >= 0.6 is 34.8 Å². The predicted octanol–water partition coefficient (Wildman–Crippen LogP) is 8.54. The van der Waals surface area contributed by atoms with Gasteiger partial charge in [0, 0.05) is 59.1 Å². The Balaban J connectivity index is 0.000000149. The predicted molar refractivity (Wildman–Crippen MR) is 262 cm³/mol. The highest BCUT2D eigenvalue weighted by atomic mass is 35.5. The van der Waals surface area contributed by atoms with Gasteiger partial charge >= 0.3 is 0 Å². The quantitative estimate of drug-likeness (QED) is 0.143. The van der Waals surface area contributed by atoms with Gasteiger partial charge in [-0.25, -0.2) is 19.9 Å². The van der Waals surface area contributed by atoms with Crippen LogP contribution in [0.3, 0.4) is 0 Å². The summed E-state index contributed by atoms with van der Waals surface area (Å²) in [4.78, 5) is 50.0. The average molecular weight is 936 g/mol. The first kappa shape index (κ1) is 46.6. The van der Waals surface area contributed by atoms with Crippen LogP contribution < -0.4 is 11.1 Å². The number of benzene rings is 4. The molecule has 4 fully saturated rings. The van der Waals surface area contributed by atoms with E-state index in [0.717, 1.165) is 87.0 Å². The number of nitrogens with zero attached hydrogens (tertiary/aromatic N) is 8. The Morgan fingerprint density at radius 2 is 1.05 bits per heavy atom. The van der Waals surface area contributed by atoms with Crippen LogP contribution in [0.5, 0.6) is 0 Å². The lowest BCUT2D eigenvalue weighted by Crippen LogP contribution is -2.43. The number of fused-ring (bicyclic) bond motifs is 2. The molecule has 0 saturated carbocycles. The molecular weight excluding hydrogens is 879 g/mol. The average Bonchev–Trinajstić information content (AvgIpc) is 4.06. The normalized spacial score (nSPS) is 19.7. The number of piperidine rings is 2. The largest absolute Gasteiger partial charge is 0.360 e. The van der Waals surface area contributed by atoms with Crippen molar-refractivity contribution < 1.29 is 9.59 Å². The van der Waals surface area contributed by atoms with E-state index in [0.29, 0.717) is 44.9 Å². The van der Waals surface area contributed by atoms with Crippen LogP contribution in [-0.4, -0.2) is 129 Å². The summed E-state index contributed by atoms with van der Waals surface area (Å²) in [6.45, 7) is 8.27. The van der Waals surface area contributed by atoms with Crippen molar-refractivity contribution in [3.05, 3.63) is 136 Å². The van der Waals surface area contributed by atoms with Crippen molar-refractivity contribution >= 4 is 74.2 Å². The highest BCUT2D eigenvalue weighted by molar-refractivity contribution is 6.35. The minimum atomic E-state index is 0.0941. The molecule has 65 heavy (non-hydrogen) atoms. The molecule has 3 N–H and O–H groups in total. The van der Waals surface area contributed by atoms with Crippen LogP contribution in [0.4, 0.5) is 5.82 Å². The van der Waals surface area contributed by atoms with Crippen LogP contribution in [-0.2, 0) is 9.59 Å². The summed E-state index contributed by atoms with van der Waals surface area (Å²) in [7, 11) is 0. The monoisotopic (exact) mass is 934 g/mol. The van der Waals surface area contributed by atoms with Gasteiger partial charge in [-0.15, -0.1) is 0 Å². The number of rotatable bonds is 8. The first-order chi connectivity index (χ1) is 31.7. The third kappa shape index (κ3) is 12.1. The molecule has 15 heteroatoms. The van der Waals surface area contributed by atoms with Crippen molar-refractivity contribution in [2.45, 2.75) is 62.4 Å². The van der Waals surface area contributed by atoms with Gasteiger partial charge in [-0.2, -0.15) is 0 Å². The van der Waals surface area contributed by atoms with Gasteiger partial charge in [-0.1, -0.05) is 95.5 Å². The molecule has 0 radical (unpaired) electrons. The minimum Gasteiger partial charge on any atom is -0.360 e. The summed E-state index contributed by atoms with van der Waals surface area (Å²) >= 11 is 17.6. The third-order valence-electron chi connectivity index (χ3n) is 13.4. The Bertz CT molecular complexity index is 2500. The lowest BCUT2D eigenvalue weighted by molar-refractivity contribution is -0.129. The number of halogens is 3. The molecule has 0 spiro atoms. The molecule has 4 aliphatic heterocycles. The number of hydrogen-bond donors (Lipinski definition) is 2. The van der Waals surface area contributed by atoms with Gasteiger partial charge < -0.3 is 20.9 Å². The number of amides is 2. The van der Waals surface area contributed by atoms with E-state index in [9.17, 15) is 9.59 Å². The number of nitrogens with two attached hydrogens (primary N) is 1. The molecule has 2 unspecified atom stereocenters. The Kier molecular flexibility index (Phi) is 16.1. The summed E-state index contributed by atoms with van der Waals surface area (Å²) in [6.07, 6.45) is 9.91. The second-order valence-corrected chi connectivity index (χ2v) is 18.5. The first-order valence-electron chi connectivity index (χ1n) is 22.8. The minimum absolute atomic E-state index is 0.0941. The zero-order chi connectivity index (χ0) is 45.1. The SMILES string of the molecule is Clc1ccc2c(Cl)ncnc2c1.NCC(=O)N1CCC(N2CCC(c3ccccc3)CC2)C1.O=C(CNc1ncnc2cc(Cl)ccc12)N1CCC(N2CCC(c3ccccc3)CC2)C1. The lowest BCUT2D eigenvalue weighted by Gasteiger charge is -2.36. The molecule has 4 aliphatic rings. The van der Waals surface area contributed by atoms with Gasteiger partial charge in [-0.3, -0.25) is 19.4 Å². The van der Waals surface area contributed by atoms with Crippen molar-refractivity contribution in [3.8, 4) is 0 Å². The van der Waals surface area contributed by atoms with Crippen molar-refractivity contribution in [1.82, 2.24) is 39.5 Å². The van der Waals surface area contributed by atoms with E-state index in [2.05, 4.69) is 95.7 Å². The zero-order valence-electron chi connectivity index (χ0n) is 36.6. The van der Waals surface area contributed by atoms with E-state index < -0.39 is 0 Å². The molecule has 2 aromatic heterocycles. The fourth-order valence-electron chi connectivity index (χ4n) is 9.75. The summed E-state index contributed by atoms with van der Waals surface area (Å²) in [5, 5.41) is 6.63. The summed E-state index contributed by atoms with van der Waals surface area (Å²) in [6, 6.07) is 33.5. The maximum atomic E-state index is 12.9. The number of carbonyl (C=O) groups excluding carboxylic acids is 2. The first-order valence-corrected chi connectivity index (χ1v) is 23.9. The van der Waals surface area contributed by atoms with Gasteiger partial charge in [0.1, 0.15) is 23.6 Å². The number of nitrogens with one attached hydrogen (secondary N) is 1. The molecule has 4 saturated heterocycles. The molecule has 4 aromatic carbocycles. The van der Waals surface area contributed by atoms with E-state index in [1.165, 1.54) is 49.5 Å². The highest BCUT2D eigenvalue weighted by Gasteiger charge is 2.34. The van der Waals surface area contributed by atoms with E-state index in [1.54, 1.807) is 24.3 Å². The van der Waals surface area contributed by atoms with E-state index in [1.807, 2.05) is 21.9 Å². The number of hydrogen-bond acceptors (Lipinski definition) is 10. The molecule has 340 valence electrons. The highest BCUT2D eigenvalue weighted by Crippen LogP contribution is 2.32. The molecule has 2 atom stereocenters. The second kappa shape index (κ2) is 22.5. The molecule has 6 heterocycles. The molecule has 12 nitrogen and oxygen atoms in total. The van der Waals surface area contributed by atoms with Crippen molar-refractivity contribution in [2.75, 3.05) is 70.8 Å². The molecule has 2 amide bonds. The lowest BCUT2D eigenvalue weighted by atomic mass is 9.89. The fraction of sp³-hybridized carbons (Fsp3) is 0.400. The second-order valence-electron chi connectivity index (χ2n) is 17.3. The Morgan fingerprint density at radius 1 is 0.569 bits per heavy atom. The third-order valence-corrected chi connectivity index (χ3v) is 14.2. The van der Waals surface area contributed by atoms with Gasteiger partial charge in [0.15, 0.2) is 0 Å². The molecule has 10 rings (SSSR count). The smallest absolute Gasteiger partial charge is 0.241 e. The van der Waals surface area contributed by atoms with Crippen molar-refractivity contribution in [1.29, 1.82) is 0 Å². The van der Waals surface area contributed by atoms with Gasteiger partial charge in [0.05, 0.1) is 24.1 Å². The van der Waals surface area contributed by atoms with Crippen molar-refractivity contribution in [3.63, 3.8) is 0 Å². The Hall–Kier alpha value is -4.95. The number of carbonyl (C=O) groups is 2. The zero-order valence-corrected chi connectivity index (χ0v) is 38.9. The van der Waals surface area contributed by atoms with Crippen molar-refractivity contribution in [2.24, 2.45) is 5.73 Å². The summed E-state index contributed by atoms with van der Waals surface area (Å²) in [5.41, 5.74) is 9.92. The number of likely N-dealkylation sites (tertiary alicyclic amines) is 4. The number of anilines is 1. The topological polar surface area (TPSA) is 137 Å². The maximum Gasteiger partial charge on any atom is 0.241 e. The van der Waals surface area contributed by atoms with Crippen LogP contribution in [0.1, 0.15) is 61.5 Å². The van der Waals surface area contributed by atoms with Gasteiger partial charge in [-0.05, 0) is 124 Å². The van der Waals surface area contributed by atoms with Gasteiger partial charge in [0.25, 0.3) is 0 Å². The van der Waals surface area contributed by atoms with E-state index in [4.69, 9.17) is 40.5 Å². The molecule has 0 aliphatic carbocycles. The Labute approximate surface area is 396 Å². The molecular formula is C50H57Cl3N10O2. The van der Waals surface area contributed by atoms with Crippen LogP contribution in [0.25, 0.3) is 21.8 Å². The standard InChI is InChI=1S/C25H28ClN5O.C17H25N3O.C8H4Cl2N2/c26-20-6-7-22-23(14-20)28-17-29-25(22)27-15-24(32)31-13-10-21(16-31)30-11-8-19(9-12-30)18-4-2-1-3-5-18;18-12-17(21)20-11-8-16(13-20)19-9-6-15(7-10-19)14-4-2-1-3-5-14;9-5-1-2-6-7(3-5)11-4-12-8(6)10/h1-7,14,17,19,21H,8-13,15-16H2,(H,27,28,29);1-5,15-16H,6-13,18H2;1-4H. The fourth-order valence-corrected chi connectivity index (χ4v) is 10.3. The van der Waals surface area contributed by atoms with Crippen LogP contribution in [0, 0.1) is 0 Å².